The van der Waals surface area contributed by atoms with Crippen LogP contribution in [-0.2, 0) is 19.4 Å². The van der Waals surface area contributed by atoms with Crippen LogP contribution in [0.2, 0.25) is 0 Å². The van der Waals surface area contributed by atoms with Crippen molar-refractivity contribution in [1.29, 1.82) is 5.26 Å². The minimum absolute atomic E-state index is 0.147. The fourth-order valence-corrected chi connectivity index (χ4v) is 6.50. The van der Waals surface area contributed by atoms with Gasteiger partial charge in [0.15, 0.2) is 0 Å². The second kappa shape index (κ2) is 11.4. The van der Waals surface area contributed by atoms with E-state index in [9.17, 15) is 5.26 Å². The third-order valence-electron chi connectivity index (χ3n) is 8.68. The largest absolute Gasteiger partial charge is 0.462 e. The Morgan fingerprint density at radius 3 is 2.77 bits per heavy atom. The van der Waals surface area contributed by atoms with E-state index in [1.807, 2.05) is 0 Å². The molecule has 2 atom stereocenters. The Morgan fingerprint density at radius 2 is 1.97 bits per heavy atom. The third kappa shape index (κ3) is 5.26. The molecule has 8 heteroatoms. The van der Waals surface area contributed by atoms with Gasteiger partial charge in [-0.2, -0.15) is 15.2 Å². The van der Waals surface area contributed by atoms with Crippen LogP contribution in [0.1, 0.15) is 43.0 Å². The fraction of sp³-hybridized carbons (Fsp3) is 0.516. The van der Waals surface area contributed by atoms with Gasteiger partial charge < -0.3 is 24.8 Å². The Balaban J connectivity index is 1.34. The predicted octanol–water partition coefficient (Wildman–Crippen LogP) is 3.92. The zero-order chi connectivity index (χ0) is 26.8. The molecule has 39 heavy (non-hydrogen) atoms. The number of nitriles is 1. The quantitative estimate of drug-likeness (QED) is 0.497. The van der Waals surface area contributed by atoms with Crippen LogP contribution in [0.3, 0.4) is 0 Å². The molecule has 3 aromatic rings. The van der Waals surface area contributed by atoms with Crippen molar-refractivity contribution in [2.24, 2.45) is 0 Å². The van der Waals surface area contributed by atoms with Gasteiger partial charge in [-0.25, -0.2) is 0 Å². The lowest BCUT2D eigenvalue weighted by atomic mass is 9.98. The minimum Gasteiger partial charge on any atom is -0.462 e. The standard InChI is InChI=1S/C31H39N7O/c1-3-22-7-4-8-23-9-5-11-28(29(22)23)37-17-13-26-27(20-37)34-31(39-21-25-10-6-16-36(25)2)35-30(26)38-18-15-33-24(19-38)12-14-32/h4-5,7-9,11,24-25,33H,3,6,10,12-13,15-21H2,1-2H3/t24?,25-/m0/s1. The normalized spacial score (nSPS) is 21.7. The van der Waals surface area contributed by atoms with Gasteiger partial charge in [-0.15, -0.1) is 0 Å². The van der Waals surface area contributed by atoms with Crippen LogP contribution >= 0.6 is 0 Å². The first-order valence-corrected chi connectivity index (χ1v) is 14.5. The molecule has 1 N–H and O–H groups in total. The van der Waals surface area contributed by atoms with Crippen molar-refractivity contribution in [1.82, 2.24) is 20.2 Å². The molecule has 3 aliphatic rings. The monoisotopic (exact) mass is 525 g/mol. The SMILES string of the molecule is CCc1cccc2cccc(N3CCc4c(nc(OC[C@@H]5CCCN5C)nc4N4CCNC(CC#N)C4)C3)c12. The first-order chi connectivity index (χ1) is 19.1. The molecular weight excluding hydrogens is 486 g/mol. The summed E-state index contributed by atoms with van der Waals surface area (Å²) in [5.41, 5.74) is 4.95. The summed E-state index contributed by atoms with van der Waals surface area (Å²) in [6, 6.07) is 16.6. The van der Waals surface area contributed by atoms with Crippen molar-refractivity contribution in [2.75, 3.05) is 56.2 Å². The molecule has 8 nitrogen and oxygen atoms in total. The number of benzene rings is 2. The Bertz CT molecular complexity index is 1360. The molecule has 0 spiro atoms. The number of anilines is 2. The number of hydrogen-bond donors (Lipinski definition) is 1. The zero-order valence-corrected chi connectivity index (χ0v) is 23.2. The number of likely N-dealkylation sites (N-methyl/N-ethyl adjacent to an activating group) is 1. The van der Waals surface area contributed by atoms with E-state index in [1.165, 1.54) is 34.0 Å². The Morgan fingerprint density at radius 1 is 1.10 bits per heavy atom. The molecule has 0 radical (unpaired) electrons. The number of nitrogens with one attached hydrogen (secondary N) is 1. The molecule has 2 aromatic carbocycles. The highest BCUT2D eigenvalue weighted by atomic mass is 16.5. The summed E-state index contributed by atoms with van der Waals surface area (Å²) >= 11 is 0. The third-order valence-corrected chi connectivity index (χ3v) is 8.68. The van der Waals surface area contributed by atoms with Crippen LogP contribution in [0.4, 0.5) is 11.5 Å². The summed E-state index contributed by atoms with van der Waals surface area (Å²) in [7, 11) is 2.17. The lowest BCUT2D eigenvalue weighted by Crippen LogP contribution is -2.51. The van der Waals surface area contributed by atoms with Crippen LogP contribution < -0.4 is 19.9 Å². The summed E-state index contributed by atoms with van der Waals surface area (Å²) in [6.07, 6.45) is 4.74. The molecule has 0 amide bonds. The summed E-state index contributed by atoms with van der Waals surface area (Å²) in [4.78, 5) is 17.2. The van der Waals surface area contributed by atoms with Crippen LogP contribution in [0.25, 0.3) is 10.8 Å². The van der Waals surface area contributed by atoms with Crippen molar-refractivity contribution >= 4 is 22.3 Å². The van der Waals surface area contributed by atoms with Crippen LogP contribution in [0.15, 0.2) is 36.4 Å². The topological polar surface area (TPSA) is 80.6 Å². The van der Waals surface area contributed by atoms with E-state index in [1.54, 1.807) is 0 Å². The number of piperazine rings is 1. The molecule has 2 saturated heterocycles. The van der Waals surface area contributed by atoms with Gasteiger partial charge in [-0.1, -0.05) is 37.3 Å². The van der Waals surface area contributed by atoms with Gasteiger partial charge >= 0.3 is 6.01 Å². The van der Waals surface area contributed by atoms with Crippen LogP contribution in [-0.4, -0.2) is 73.3 Å². The van der Waals surface area contributed by atoms with Gasteiger partial charge in [0, 0.05) is 54.9 Å². The van der Waals surface area contributed by atoms with Crippen LogP contribution in [0.5, 0.6) is 6.01 Å². The molecule has 4 heterocycles. The molecule has 0 bridgehead atoms. The van der Waals surface area contributed by atoms with Crippen molar-refractivity contribution in [3.63, 3.8) is 0 Å². The second-order valence-corrected chi connectivity index (χ2v) is 11.1. The van der Waals surface area contributed by atoms with Gasteiger partial charge in [0.1, 0.15) is 12.4 Å². The van der Waals surface area contributed by atoms with Gasteiger partial charge in [0.2, 0.25) is 0 Å². The summed E-state index contributed by atoms with van der Waals surface area (Å²) < 4.78 is 6.30. The van der Waals surface area contributed by atoms with E-state index >= 15 is 0 Å². The predicted molar refractivity (Wildman–Crippen MR) is 155 cm³/mol. The molecule has 0 saturated carbocycles. The maximum atomic E-state index is 9.29. The number of aryl methyl sites for hydroxylation is 1. The average molecular weight is 526 g/mol. The molecule has 1 unspecified atom stereocenters. The molecule has 0 aliphatic carbocycles. The molecular formula is C31H39N7O. The smallest absolute Gasteiger partial charge is 0.318 e. The van der Waals surface area contributed by atoms with E-state index < -0.39 is 0 Å². The van der Waals surface area contributed by atoms with E-state index in [2.05, 4.69) is 76.5 Å². The lowest BCUT2D eigenvalue weighted by Gasteiger charge is -2.37. The zero-order valence-electron chi connectivity index (χ0n) is 23.2. The van der Waals surface area contributed by atoms with E-state index in [0.717, 1.165) is 70.0 Å². The van der Waals surface area contributed by atoms with E-state index in [4.69, 9.17) is 14.7 Å². The van der Waals surface area contributed by atoms with Gasteiger partial charge in [0.05, 0.1) is 24.7 Å². The number of aromatic nitrogens is 2. The van der Waals surface area contributed by atoms with Gasteiger partial charge in [0.25, 0.3) is 0 Å². The minimum atomic E-state index is 0.147. The number of fused-ring (bicyclic) bond motifs is 2. The van der Waals surface area contributed by atoms with Crippen molar-refractivity contribution < 1.29 is 4.74 Å². The molecule has 3 aliphatic heterocycles. The van der Waals surface area contributed by atoms with Crippen molar-refractivity contribution in [3.8, 4) is 12.1 Å². The Hall–Kier alpha value is -3.41. The van der Waals surface area contributed by atoms with Crippen LogP contribution in [0, 0.1) is 11.3 Å². The number of likely N-dealkylation sites (tertiary alicyclic amines) is 1. The molecule has 6 rings (SSSR count). The summed E-state index contributed by atoms with van der Waals surface area (Å²) in [5.74, 6) is 0.992. The number of ether oxygens (including phenoxy) is 1. The summed E-state index contributed by atoms with van der Waals surface area (Å²) in [6.45, 7) is 8.09. The average Bonchev–Trinajstić information content (AvgIpc) is 3.39. The highest BCUT2D eigenvalue weighted by Gasteiger charge is 2.30. The maximum absolute atomic E-state index is 9.29. The van der Waals surface area contributed by atoms with Gasteiger partial charge in [-0.3, -0.25) is 0 Å². The first kappa shape index (κ1) is 25.8. The van der Waals surface area contributed by atoms with E-state index in [0.29, 0.717) is 25.1 Å². The van der Waals surface area contributed by atoms with Crippen molar-refractivity contribution in [2.45, 2.75) is 57.7 Å². The molecule has 2 fully saturated rings. The molecule has 204 valence electrons. The second-order valence-electron chi connectivity index (χ2n) is 11.1. The van der Waals surface area contributed by atoms with Crippen molar-refractivity contribution in [3.05, 3.63) is 53.2 Å². The highest BCUT2D eigenvalue weighted by Crippen LogP contribution is 2.36. The van der Waals surface area contributed by atoms with Gasteiger partial charge in [-0.05, 0) is 56.3 Å². The summed E-state index contributed by atoms with van der Waals surface area (Å²) in [5, 5.41) is 15.4. The van der Waals surface area contributed by atoms with E-state index in [-0.39, 0.29) is 6.04 Å². The Kier molecular flexibility index (Phi) is 7.53. The Labute approximate surface area is 231 Å². The first-order valence-electron chi connectivity index (χ1n) is 14.5. The maximum Gasteiger partial charge on any atom is 0.318 e. The highest BCUT2D eigenvalue weighted by molar-refractivity contribution is 5.97. The number of rotatable bonds is 7. The molecule has 1 aromatic heterocycles. The lowest BCUT2D eigenvalue weighted by molar-refractivity contribution is 0.187. The fourth-order valence-electron chi connectivity index (χ4n) is 6.50. The number of nitrogens with zero attached hydrogens (tertiary/aromatic N) is 6. The number of hydrogen-bond acceptors (Lipinski definition) is 8.